The predicted octanol–water partition coefficient (Wildman–Crippen LogP) is 1.97. The van der Waals surface area contributed by atoms with Crippen molar-refractivity contribution in [2.45, 2.75) is 52.1 Å². The molecule has 1 aromatic carbocycles. The number of carbonyl (C=O) groups is 3. The summed E-state index contributed by atoms with van der Waals surface area (Å²) in [4.78, 5) is 35.3. The summed E-state index contributed by atoms with van der Waals surface area (Å²) in [5.74, 6) is -1.17. The van der Waals surface area contributed by atoms with Crippen molar-refractivity contribution in [3.05, 3.63) is 47.5 Å². The SMILES string of the molecule is CC(C)=CC[C@H](NC(=O)CCC(=O)N[C@H](C)c1ccccc1)C(N)=O. The van der Waals surface area contributed by atoms with Gasteiger partial charge in [-0.15, -0.1) is 0 Å². The number of benzene rings is 1. The molecule has 0 saturated carbocycles. The second kappa shape index (κ2) is 10.3. The van der Waals surface area contributed by atoms with Gasteiger partial charge in [-0.1, -0.05) is 42.0 Å². The Balaban J connectivity index is 2.42. The van der Waals surface area contributed by atoms with E-state index >= 15 is 0 Å². The number of hydrogen-bond donors (Lipinski definition) is 3. The van der Waals surface area contributed by atoms with E-state index in [1.807, 2.05) is 57.2 Å². The van der Waals surface area contributed by atoms with Crippen LogP contribution in [0.5, 0.6) is 0 Å². The molecule has 0 heterocycles. The van der Waals surface area contributed by atoms with Crippen LogP contribution in [-0.2, 0) is 14.4 Å². The number of primary amides is 1. The molecule has 0 unspecified atom stereocenters. The molecule has 25 heavy (non-hydrogen) atoms. The predicted molar refractivity (Wildman–Crippen MR) is 97.4 cm³/mol. The molecule has 1 rings (SSSR count). The first kappa shape index (κ1) is 20.4. The van der Waals surface area contributed by atoms with Crippen LogP contribution in [0, 0.1) is 0 Å². The Morgan fingerprint density at radius 2 is 1.60 bits per heavy atom. The third-order valence-electron chi connectivity index (χ3n) is 3.70. The summed E-state index contributed by atoms with van der Waals surface area (Å²) in [6, 6.07) is 8.69. The van der Waals surface area contributed by atoms with E-state index in [-0.39, 0.29) is 30.7 Å². The number of hydrogen-bond acceptors (Lipinski definition) is 3. The minimum absolute atomic E-state index is 0.00590. The third-order valence-corrected chi connectivity index (χ3v) is 3.70. The van der Waals surface area contributed by atoms with Gasteiger partial charge in [0.25, 0.3) is 0 Å². The molecule has 4 N–H and O–H groups in total. The van der Waals surface area contributed by atoms with E-state index in [1.54, 1.807) is 0 Å². The van der Waals surface area contributed by atoms with Crippen LogP contribution in [0.3, 0.4) is 0 Å². The molecule has 6 heteroatoms. The van der Waals surface area contributed by atoms with E-state index in [4.69, 9.17) is 5.73 Å². The summed E-state index contributed by atoms with van der Waals surface area (Å²) in [7, 11) is 0. The largest absolute Gasteiger partial charge is 0.368 e. The lowest BCUT2D eigenvalue weighted by Gasteiger charge is -2.15. The van der Waals surface area contributed by atoms with Crippen molar-refractivity contribution in [3.63, 3.8) is 0 Å². The van der Waals surface area contributed by atoms with Crippen LogP contribution >= 0.6 is 0 Å². The highest BCUT2D eigenvalue weighted by Crippen LogP contribution is 2.11. The molecule has 0 radical (unpaired) electrons. The lowest BCUT2D eigenvalue weighted by Crippen LogP contribution is -2.44. The lowest BCUT2D eigenvalue weighted by molar-refractivity contribution is -0.129. The molecule has 6 nitrogen and oxygen atoms in total. The van der Waals surface area contributed by atoms with Crippen molar-refractivity contribution in [2.75, 3.05) is 0 Å². The molecule has 2 atom stereocenters. The summed E-state index contributed by atoms with van der Waals surface area (Å²) < 4.78 is 0. The second-order valence-corrected chi connectivity index (χ2v) is 6.24. The fourth-order valence-corrected chi connectivity index (χ4v) is 2.23. The van der Waals surface area contributed by atoms with Gasteiger partial charge < -0.3 is 16.4 Å². The molecule has 0 aliphatic heterocycles. The zero-order valence-corrected chi connectivity index (χ0v) is 15.0. The molecule has 0 bridgehead atoms. The monoisotopic (exact) mass is 345 g/mol. The van der Waals surface area contributed by atoms with Gasteiger partial charge in [0.05, 0.1) is 6.04 Å². The molecule has 1 aromatic rings. The van der Waals surface area contributed by atoms with Gasteiger partial charge in [0, 0.05) is 12.8 Å². The Morgan fingerprint density at radius 3 is 2.12 bits per heavy atom. The highest BCUT2D eigenvalue weighted by molar-refractivity contribution is 5.88. The van der Waals surface area contributed by atoms with Crippen LogP contribution < -0.4 is 16.4 Å². The third kappa shape index (κ3) is 8.15. The van der Waals surface area contributed by atoms with Crippen LogP contribution in [0.2, 0.25) is 0 Å². The van der Waals surface area contributed by atoms with Crippen molar-refractivity contribution in [1.82, 2.24) is 10.6 Å². The lowest BCUT2D eigenvalue weighted by atomic mass is 10.1. The molecule has 0 aromatic heterocycles. The van der Waals surface area contributed by atoms with Gasteiger partial charge in [-0.3, -0.25) is 14.4 Å². The van der Waals surface area contributed by atoms with Gasteiger partial charge >= 0.3 is 0 Å². The molecular weight excluding hydrogens is 318 g/mol. The maximum Gasteiger partial charge on any atom is 0.240 e. The topological polar surface area (TPSA) is 101 Å². The molecule has 0 spiro atoms. The maximum atomic E-state index is 12.0. The zero-order valence-electron chi connectivity index (χ0n) is 15.0. The van der Waals surface area contributed by atoms with E-state index in [9.17, 15) is 14.4 Å². The smallest absolute Gasteiger partial charge is 0.240 e. The highest BCUT2D eigenvalue weighted by Gasteiger charge is 2.18. The Bertz CT molecular complexity index is 622. The molecule has 0 aliphatic carbocycles. The second-order valence-electron chi connectivity index (χ2n) is 6.24. The number of nitrogens with two attached hydrogens (primary N) is 1. The van der Waals surface area contributed by atoms with Crippen molar-refractivity contribution in [1.29, 1.82) is 0 Å². The first-order chi connectivity index (χ1) is 11.8. The van der Waals surface area contributed by atoms with E-state index in [0.717, 1.165) is 11.1 Å². The average molecular weight is 345 g/mol. The van der Waals surface area contributed by atoms with Crippen molar-refractivity contribution in [3.8, 4) is 0 Å². The minimum atomic E-state index is -0.756. The Morgan fingerprint density at radius 1 is 1.04 bits per heavy atom. The van der Waals surface area contributed by atoms with Gasteiger partial charge in [-0.25, -0.2) is 0 Å². The van der Waals surface area contributed by atoms with Crippen molar-refractivity contribution >= 4 is 17.7 Å². The molecule has 136 valence electrons. The van der Waals surface area contributed by atoms with Crippen LogP contribution in [0.1, 0.15) is 51.6 Å². The summed E-state index contributed by atoms with van der Waals surface area (Å²) in [5.41, 5.74) is 7.33. The van der Waals surface area contributed by atoms with E-state index < -0.39 is 11.9 Å². The summed E-state index contributed by atoms with van der Waals surface area (Å²) in [6.45, 7) is 5.69. The van der Waals surface area contributed by atoms with E-state index in [0.29, 0.717) is 6.42 Å². The van der Waals surface area contributed by atoms with Crippen LogP contribution in [0.25, 0.3) is 0 Å². The average Bonchev–Trinajstić information content (AvgIpc) is 2.57. The van der Waals surface area contributed by atoms with Crippen LogP contribution in [-0.4, -0.2) is 23.8 Å². The number of nitrogens with one attached hydrogen (secondary N) is 2. The highest BCUT2D eigenvalue weighted by atomic mass is 16.2. The number of carbonyl (C=O) groups excluding carboxylic acids is 3. The quantitative estimate of drug-likeness (QED) is 0.596. The maximum absolute atomic E-state index is 12.0. The summed E-state index contributed by atoms with van der Waals surface area (Å²) in [5, 5.41) is 5.42. The molecule has 0 aliphatic rings. The van der Waals surface area contributed by atoms with Gasteiger partial charge in [0.1, 0.15) is 6.04 Å². The number of amides is 3. The fourth-order valence-electron chi connectivity index (χ4n) is 2.23. The Labute approximate surface area is 148 Å². The van der Waals surface area contributed by atoms with Gasteiger partial charge in [-0.05, 0) is 32.8 Å². The van der Waals surface area contributed by atoms with Crippen molar-refractivity contribution in [2.24, 2.45) is 5.73 Å². The first-order valence-electron chi connectivity index (χ1n) is 8.36. The van der Waals surface area contributed by atoms with E-state index in [1.165, 1.54) is 0 Å². The van der Waals surface area contributed by atoms with E-state index in [2.05, 4.69) is 10.6 Å². The number of rotatable bonds is 9. The molecule has 0 fully saturated rings. The Kier molecular flexibility index (Phi) is 8.39. The molecule has 0 saturated heterocycles. The minimum Gasteiger partial charge on any atom is -0.368 e. The van der Waals surface area contributed by atoms with Crippen LogP contribution in [0.15, 0.2) is 42.0 Å². The summed E-state index contributed by atoms with van der Waals surface area (Å²) in [6.07, 6.45) is 2.24. The van der Waals surface area contributed by atoms with Crippen LogP contribution in [0.4, 0.5) is 0 Å². The van der Waals surface area contributed by atoms with Gasteiger partial charge in [-0.2, -0.15) is 0 Å². The summed E-state index contributed by atoms with van der Waals surface area (Å²) >= 11 is 0. The van der Waals surface area contributed by atoms with Gasteiger partial charge in [0.2, 0.25) is 17.7 Å². The zero-order chi connectivity index (χ0) is 18.8. The van der Waals surface area contributed by atoms with Gasteiger partial charge in [0.15, 0.2) is 0 Å². The fraction of sp³-hybridized carbons (Fsp3) is 0.421. The molecule has 3 amide bonds. The normalized spacial score (nSPS) is 12.6. The first-order valence-corrected chi connectivity index (χ1v) is 8.36. The van der Waals surface area contributed by atoms with Crippen molar-refractivity contribution < 1.29 is 14.4 Å². The Hall–Kier alpha value is -2.63. The number of allylic oxidation sites excluding steroid dienone is 1. The molecular formula is C19H27N3O3. The standard InChI is InChI=1S/C19H27N3O3/c1-13(2)9-10-16(19(20)25)22-18(24)12-11-17(23)21-14(3)15-7-5-4-6-8-15/h4-9,14,16H,10-12H2,1-3H3,(H2,20,25)(H,21,23)(H,22,24)/t14-,16+/m1/s1.